The Morgan fingerprint density at radius 2 is 1.96 bits per heavy atom. The number of hydrogen-bond donors (Lipinski definition) is 0. The molecule has 2 fully saturated rings. The van der Waals surface area contributed by atoms with Crippen LogP contribution in [0, 0.1) is 0 Å². The van der Waals surface area contributed by atoms with Crippen LogP contribution < -0.4 is 0 Å². The Kier molecular flexibility index (Phi) is 8.53. The van der Waals surface area contributed by atoms with Crippen molar-refractivity contribution in [3.8, 4) is 0 Å². The minimum absolute atomic E-state index is 0.803. The van der Waals surface area contributed by atoms with Gasteiger partial charge in [-0.05, 0) is 47.4 Å². The number of fused-ring (bicyclic) bond motifs is 1. The summed E-state index contributed by atoms with van der Waals surface area (Å²) in [5, 5.41) is 2.18. The average Bonchev–Trinajstić information content (AvgIpc) is 2.74. The van der Waals surface area contributed by atoms with Gasteiger partial charge in [-0.15, -0.1) is 11.8 Å². The minimum atomic E-state index is 0.803. The molecule has 26 heavy (non-hydrogen) atoms. The zero-order chi connectivity index (χ0) is 18.0. The van der Waals surface area contributed by atoms with E-state index >= 15 is 0 Å². The molecule has 4 rings (SSSR count). The van der Waals surface area contributed by atoms with Gasteiger partial charge in [0.05, 0.1) is 19.8 Å². The second-order valence-corrected chi connectivity index (χ2v) is 8.18. The summed E-state index contributed by atoms with van der Waals surface area (Å²) in [7, 11) is 1.75. The number of methoxy groups -OCH3 is 1. The quantitative estimate of drug-likeness (QED) is 0.757. The third-order valence-electron chi connectivity index (χ3n) is 5.57. The van der Waals surface area contributed by atoms with Crippen molar-refractivity contribution in [1.82, 2.24) is 4.90 Å². The molecule has 3 nitrogen and oxygen atoms in total. The van der Waals surface area contributed by atoms with E-state index in [2.05, 4.69) is 34.6 Å². The van der Waals surface area contributed by atoms with Crippen LogP contribution in [0.3, 0.4) is 0 Å². The molecule has 1 aliphatic carbocycles. The maximum atomic E-state index is 5.35. The topological polar surface area (TPSA) is 21.7 Å². The molecular formula is C22H33NO2S. The lowest BCUT2D eigenvalue weighted by atomic mass is 9.94. The molecule has 0 amide bonds. The fourth-order valence-corrected chi connectivity index (χ4v) is 4.84. The highest BCUT2D eigenvalue weighted by atomic mass is 32.2. The van der Waals surface area contributed by atoms with Crippen molar-refractivity contribution < 1.29 is 9.47 Å². The third kappa shape index (κ3) is 5.85. The van der Waals surface area contributed by atoms with Crippen LogP contribution in [0.2, 0.25) is 0 Å². The number of hydrogen-bond acceptors (Lipinski definition) is 4. The smallest absolute Gasteiger partial charge is 0.0594 e. The van der Waals surface area contributed by atoms with E-state index in [0.717, 1.165) is 38.0 Å². The Bertz CT molecular complexity index is 547. The van der Waals surface area contributed by atoms with Crippen LogP contribution in [0.15, 0.2) is 23.6 Å². The van der Waals surface area contributed by atoms with E-state index in [4.69, 9.17) is 9.47 Å². The van der Waals surface area contributed by atoms with Gasteiger partial charge in [-0.3, -0.25) is 4.90 Å². The predicted octanol–water partition coefficient (Wildman–Crippen LogP) is 4.74. The van der Waals surface area contributed by atoms with Crippen molar-refractivity contribution >= 4 is 17.8 Å². The van der Waals surface area contributed by atoms with Crippen LogP contribution in [0.5, 0.6) is 0 Å². The fraction of sp³-hybridized carbons (Fsp3) is 0.636. The zero-order valence-electron chi connectivity index (χ0n) is 16.1. The van der Waals surface area contributed by atoms with E-state index in [1.165, 1.54) is 61.9 Å². The predicted molar refractivity (Wildman–Crippen MR) is 112 cm³/mol. The minimum Gasteiger partial charge on any atom is -0.384 e. The van der Waals surface area contributed by atoms with Crippen molar-refractivity contribution in [2.45, 2.75) is 50.3 Å². The molecular weight excluding hydrogens is 342 g/mol. The first kappa shape index (κ1) is 19.9. The Hall–Kier alpha value is -0.810. The van der Waals surface area contributed by atoms with Crippen LogP contribution in [-0.2, 0) is 21.6 Å². The second kappa shape index (κ2) is 11.1. The van der Waals surface area contributed by atoms with Crippen molar-refractivity contribution in [2.75, 3.05) is 40.0 Å². The van der Waals surface area contributed by atoms with Gasteiger partial charge in [-0.25, -0.2) is 0 Å². The molecule has 1 aromatic rings. The molecule has 0 spiro atoms. The molecule has 0 radical (unpaired) electrons. The molecule has 1 aromatic carbocycles. The van der Waals surface area contributed by atoms with Crippen LogP contribution in [-0.4, -0.2) is 51.0 Å². The highest BCUT2D eigenvalue weighted by molar-refractivity contribution is 8.01. The molecule has 0 unspecified atom stereocenters. The van der Waals surface area contributed by atoms with Gasteiger partial charge in [0.2, 0.25) is 0 Å². The molecule has 1 saturated carbocycles. The van der Waals surface area contributed by atoms with E-state index in [1.807, 2.05) is 11.8 Å². The molecule has 4 heteroatoms. The maximum absolute atomic E-state index is 5.35. The van der Waals surface area contributed by atoms with Crippen molar-refractivity contribution in [1.29, 1.82) is 0 Å². The summed E-state index contributed by atoms with van der Waals surface area (Å²) in [5.41, 5.74) is 4.26. The summed E-state index contributed by atoms with van der Waals surface area (Å²) in [6.07, 6.45) is 10.4. The molecule has 2 aliphatic heterocycles. The number of benzene rings is 1. The lowest BCUT2D eigenvalue weighted by Gasteiger charge is -2.36. The van der Waals surface area contributed by atoms with Gasteiger partial charge in [0.1, 0.15) is 0 Å². The van der Waals surface area contributed by atoms with E-state index < -0.39 is 0 Å². The standard InChI is InChI=1S/C12H14OS.C10H19NO/c1-13-7-5-10-3-2-4-11-9-14-8-6-12(10)11;1-2-4-10(5-3-1)11-6-8-12-9-7-11/h2-4,6,8H,5,7,9H2,1H3;10H,1-9H2. The lowest BCUT2D eigenvalue weighted by Crippen LogP contribution is -2.44. The van der Waals surface area contributed by atoms with E-state index in [0.29, 0.717) is 0 Å². The molecule has 0 bridgehead atoms. The molecule has 2 heterocycles. The first-order chi connectivity index (χ1) is 12.9. The Morgan fingerprint density at radius 3 is 2.73 bits per heavy atom. The Morgan fingerprint density at radius 1 is 1.15 bits per heavy atom. The summed E-state index contributed by atoms with van der Waals surface area (Å²) in [4.78, 5) is 2.63. The van der Waals surface area contributed by atoms with Gasteiger partial charge in [-0.2, -0.15) is 0 Å². The fourth-order valence-electron chi connectivity index (χ4n) is 4.08. The summed E-state index contributed by atoms with van der Waals surface area (Å²) in [5.74, 6) is 1.10. The van der Waals surface area contributed by atoms with Crippen LogP contribution in [0.25, 0.3) is 6.08 Å². The molecule has 3 aliphatic rings. The lowest BCUT2D eigenvalue weighted by molar-refractivity contribution is 0.00858. The first-order valence-corrected chi connectivity index (χ1v) is 11.1. The molecule has 1 saturated heterocycles. The first-order valence-electron chi connectivity index (χ1n) is 10.1. The summed E-state index contributed by atoms with van der Waals surface area (Å²) in [6.45, 7) is 5.06. The molecule has 0 aromatic heterocycles. The number of morpholine rings is 1. The van der Waals surface area contributed by atoms with E-state index in [9.17, 15) is 0 Å². The highest BCUT2D eigenvalue weighted by Crippen LogP contribution is 2.28. The zero-order valence-corrected chi connectivity index (χ0v) is 16.9. The monoisotopic (exact) mass is 375 g/mol. The van der Waals surface area contributed by atoms with Crippen molar-refractivity contribution in [3.05, 3.63) is 40.3 Å². The number of ether oxygens (including phenoxy) is 2. The van der Waals surface area contributed by atoms with Gasteiger partial charge in [-0.1, -0.05) is 37.5 Å². The van der Waals surface area contributed by atoms with Crippen molar-refractivity contribution in [2.24, 2.45) is 0 Å². The van der Waals surface area contributed by atoms with Crippen LogP contribution in [0.4, 0.5) is 0 Å². The maximum Gasteiger partial charge on any atom is 0.0594 e. The summed E-state index contributed by atoms with van der Waals surface area (Å²) in [6, 6.07) is 7.44. The number of nitrogens with zero attached hydrogens (tertiary/aromatic N) is 1. The highest BCUT2D eigenvalue weighted by Gasteiger charge is 2.22. The van der Waals surface area contributed by atoms with Gasteiger partial charge >= 0.3 is 0 Å². The average molecular weight is 376 g/mol. The van der Waals surface area contributed by atoms with Gasteiger partial charge in [0.25, 0.3) is 0 Å². The summed E-state index contributed by atoms with van der Waals surface area (Å²) < 4.78 is 10.5. The van der Waals surface area contributed by atoms with Crippen LogP contribution >= 0.6 is 11.8 Å². The number of thioether (sulfide) groups is 1. The largest absolute Gasteiger partial charge is 0.384 e. The summed E-state index contributed by atoms with van der Waals surface area (Å²) >= 11 is 1.86. The number of rotatable bonds is 4. The van der Waals surface area contributed by atoms with Gasteiger partial charge in [0, 0.05) is 32.0 Å². The van der Waals surface area contributed by atoms with Crippen LogP contribution in [0.1, 0.15) is 48.8 Å². The molecule has 0 N–H and O–H groups in total. The van der Waals surface area contributed by atoms with Gasteiger partial charge in [0.15, 0.2) is 0 Å². The Balaban J connectivity index is 0.000000152. The molecule has 144 valence electrons. The van der Waals surface area contributed by atoms with Crippen molar-refractivity contribution in [3.63, 3.8) is 0 Å². The van der Waals surface area contributed by atoms with E-state index in [-0.39, 0.29) is 0 Å². The second-order valence-electron chi connectivity index (χ2n) is 7.29. The Labute approximate surface area is 163 Å². The normalized spacial score (nSPS) is 21.0. The SMILES string of the molecule is C1CCC(N2CCOCC2)CC1.COCCc1cccc2c1C=CSC2. The van der Waals surface area contributed by atoms with E-state index in [1.54, 1.807) is 7.11 Å². The van der Waals surface area contributed by atoms with Gasteiger partial charge < -0.3 is 9.47 Å². The third-order valence-corrected chi connectivity index (χ3v) is 6.37. The molecule has 0 atom stereocenters.